The van der Waals surface area contributed by atoms with E-state index in [2.05, 4.69) is 0 Å². The van der Waals surface area contributed by atoms with Gasteiger partial charge in [-0.15, -0.1) is 0 Å². The van der Waals surface area contributed by atoms with E-state index in [9.17, 15) is 23.5 Å². The zero-order valence-electron chi connectivity index (χ0n) is 12.0. The number of aromatic carboxylic acids is 1. The minimum absolute atomic E-state index is 0.0441. The van der Waals surface area contributed by atoms with E-state index in [-0.39, 0.29) is 5.39 Å². The van der Waals surface area contributed by atoms with Crippen LogP contribution < -0.4 is 5.43 Å². The third kappa shape index (κ3) is 2.48. The molecule has 1 heterocycles. The molecule has 0 fully saturated rings. The van der Waals surface area contributed by atoms with Crippen LogP contribution in [0.15, 0.2) is 47.4 Å². The first-order valence-electron chi connectivity index (χ1n) is 6.73. The van der Waals surface area contributed by atoms with Gasteiger partial charge in [0, 0.05) is 17.3 Å². The van der Waals surface area contributed by atoms with Crippen LogP contribution in [0.25, 0.3) is 16.6 Å². The standard InChI is InChI=1S/C17H11F2NO3/c1-9-6-15-12(7-14(9)19)16(21)13(17(22)23)8-20(15)11-4-2-10(18)3-5-11/h2-8H,1H3,(H,22,23). The number of aromatic nitrogens is 1. The highest BCUT2D eigenvalue weighted by Crippen LogP contribution is 2.21. The average molecular weight is 315 g/mol. The van der Waals surface area contributed by atoms with Gasteiger partial charge in [-0.1, -0.05) is 0 Å². The zero-order valence-corrected chi connectivity index (χ0v) is 12.0. The molecule has 0 amide bonds. The van der Waals surface area contributed by atoms with Crippen molar-refractivity contribution in [3.63, 3.8) is 0 Å². The van der Waals surface area contributed by atoms with E-state index in [1.165, 1.54) is 34.9 Å². The predicted octanol–water partition coefficient (Wildman–Crippen LogP) is 3.28. The Morgan fingerprint density at radius 3 is 2.39 bits per heavy atom. The summed E-state index contributed by atoms with van der Waals surface area (Å²) in [4.78, 5) is 23.5. The van der Waals surface area contributed by atoms with Crippen molar-refractivity contribution in [1.82, 2.24) is 4.57 Å². The number of pyridine rings is 1. The van der Waals surface area contributed by atoms with Gasteiger partial charge in [0.2, 0.25) is 5.43 Å². The minimum Gasteiger partial charge on any atom is -0.477 e. The van der Waals surface area contributed by atoms with E-state index in [4.69, 9.17) is 0 Å². The average Bonchev–Trinajstić information content (AvgIpc) is 2.50. The van der Waals surface area contributed by atoms with Crippen LogP contribution in [-0.2, 0) is 0 Å². The molecule has 6 heteroatoms. The van der Waals surface area contributed by atoms with E-state index in [1.54, 1.807) is 6.92 Å². The topological polar surface area (TPSA) is 59.3 Å². The van der Waals surface area contributed by atoms with Crippen molar-refractivity contribution in [3.8, 4) is 5.69 Å². The molecule has 0 spiro atoms. The maximum absolute atomic E-state index is 13.8. The van der Waals surface area contributed by atoms with E-state index >= 15 is 0 Å². The normalized spacial score (nSPS) is 10.9. The number of benzene rings is 2. The molecule has 0 aliphatic rings. The van der Waals surface area contributed by atoms with E-state index < -0.39 is 28.6 Å². The number of carboxylic acids is 1. The summed E-state index contributed by atoms with van der Waals surface area (Å²) in [5.41, 5.74) is -0.110. The second kappa shape index (κ2) is 5.31. The number of nitrogens with zero attached hydrogens (tertiary/aromatic N) is 1. The highest BCUT2D eigenvalue weighted by molar-refractivity contribution is 5.93. The maximum atomic E-state index is 13.8. The first-order valence-corrected chi connectivity index (χ1v) is 6.73. The van der Waals surface area contributed by atoms with Gasteiger partial charge in [0.15, 0.2) is 0 Å². The summed E-state index contributed by atoms with van der Waals surface area (Å²) in [5, 5.41) is 9.15. The third-order valence-electron chi connectivity index (χ3n) is 3.62. The summed E-state index contributed by atoms with van der Waals surface area (Å²) in [6.45, 7) is 1.54. The van der Waals surface area contributed by atoms with Crippen molar-refractivity contribution in [2.75, 3.05) is 0 Å². The summed E-state index contributed by atoms with van der Waals surface area (Å²) < 4.78 is 28.3. The molecule has 4 nitrogen and oxygen atoms in total. The molecular formula is C17H11F2NO3. The monoisotopic (exact) mass is 315 g/mol. The Labute approximate surface area is 129 Å². The van der Waals surface area contributed by atoms with Crippen molar-refractivity contribution in [2.24, 2.45) is 0 Å². The molecule has 0 unspecified atom stereocenters. The molecule has 3 rings (SSSR count). The number of carboxylic acid groups (broad SMARTS) is 1. The smallest absolute Gasteiger partial charge is 0.341 e. The number of carbonyl (C=O) groups is 1. The lowest BCUT2D eigenvalue weighted by Crippen LogP contribution is -2.18. The van der Waals surface area contributed by atoms with Crippen LogP contribution in [0.3, 0.4) is 0 Å². The molecule has 0 aliphatic heterocycles. The Hall–Kier alpha value is -3.02. The molecule has 0 saturated heterocycles. The highest BCUT2D eigenvalue weighted by atomic mass is 19.1. The number of aryl methyl sites for hydroxylation is 1. The van der Waals surface area contributed by atoms with E-state index in [0.29, 0.717) is 16.8 Å². The quantitative estimate of drug-likeness (QED) is 0.789. The fraction of sp³-hybridized carbons (Fsp3) is 0.0588. The molecular weight excluding hydrogens is 304 g/mol. The predicted molar refractivity (Wildman–Crippen MR) is 81.2 cm³/mol. The number of rotatable bonds is 2. The van der Waals surface area contributed by atoms with Crippen LogP contribution in [0.1, 0.15) is 15.9 Å². The van der Waals surface area contributed by atoms with Crippen LogP contribution in [-0.4, -0.2) is 15.6 Å². The van der Waals surface area contributed by atoms with Crippen LogP contribution >= 0.6 is 0 Å². The second-order valence-corrected chi connectivity index (χ2v) is 5.14. The Bertz CT molecular complexity index is 991. The molecule has 2 aromatic carbocycles. The summed E-state index contributed by atoms with van der Waals surface area (Å²) in [7, 11) is 0. The lowest BCUT2D eigenvalue weighted by molar-refractivity contribution is 0.0695. The largest absolute Gasteiger partial charge is 0.477 e. The van der Waals surface area contributed by atoms with Crippen molar-refractivity contribution < 1.29 is 18.7 Å². The van der Waals surface area contributed by atoms with Gasteiger partial charge in [-0.3, -0.25) is 4.79 Å². The van der Waals surface area contributed by atoms with Gasteiger partial charge in [-0.2, -0.15) is 0 Å². The summed E-state index contributed by atoms with van der Waals surface area (Å²) >= 11 is 0. The maximum Gasteiger partial charge on any atom is 0.341 e. The van der Waals surface area contributed by atoms with Crippen molar-refractivity contribution in [3.05, 3.63) is 75.6 Å². The molecule has 0 radical (unpaired) electrons. The van der Waals surface area contributed by atoms with E-state index in [1.807, 2.05) is 0 Å². The molecule has 23 heavy (non-hydrogen) atoms. The second-order valence-electron chi connectivity index (χ2n) is 5.14. The van der Waals surface area contributed by atoms with Gasteiger partial charge in [0.05, 0.1) is 5.52 Å². The molecule has 0 bridgehead atoms. The number of hydrogen-bond donors (Lipinski definition) is 1. The molecule has 0 saturated carbocycles. The van der Waals surface area contributed by atoms with E-state index in [0.717, 1.165) is 12.3 Å². The molecule has 116 valence electrons. The first kappa shape index (κ1) is 14.9. The Kier molecular flexibility index (Phi) is 3.44. The van der Waals surface area contributed by atoms with Gasteiger partial charge >= 0.3 is 5.97 Å². The van der Waals surface area contributed by atoms with Crippen molar-refractivity contribution in [2.45, 2.75) is 6.92 Å². The van der Waals surface area contributed by atoms with Crippen molar-refractivity contribution in [1.29, 1.82) is 0 Å². The minimum atomic E-state index is -1.41. The SMILES string of the molecule is Cc1cc2c(cc1F)c(=O)c(C(=O)O)cn2-c1ccc(F)cc1. The third-order valence-corrected chi connectivity index (χ3v) is 3.62. The Balaban J connectivity index is 2.46. The fourth-order valence-corrected chi connectivity index (χ4v) is 2.42. The molecule has 0 aliphatic carbocycles. The van der Waals surface area contributed by atoms with Gasteiger partial charge in [0.25, 0.3) is 0 Å². The number of hydrogen-bond acceptors (Lipinski definition) is 2. The van der Waals surface area contributed by atoms with Crippen LogP contribution in [0, 0.1) is 18.6 Å². The molecule has 1 aromatic heterocycles. The van der Waals surface area contributed by atoms with Crippen LogP contribution in [0.2, 0.25) is 0 Å². The summed E-state index contributed by atoms with van der Waals surface area (Å²) in [5.74, 6) is -2.45. The van der Waals surface area contributed by atoms with Gasteiger partial charge in [-0.05, 0) is 48.9 Å². The first-order chi connectivity index (χ1) is 10.9. The van der Waals surface area contributed by atoms with Gasteiger partial charge in [0.1, 0.15) is 17.2 Å². The van der Waals surface area contributed by atoms with Gasteiger partial charge in [-0.25, -0.2) is 13.6 Å². The number of fused-ring (bicyclic) bond motifs is 1. The zero-order chi connectivity index (χ0) is 16.7. The Morgan fingerprint density at radius 1 is 1.13 bits per heavy atom. The van der Waals surface area contributed by atoms with Crippen LogP contribution in [0.4, 0.5) is 8.78 Å². The number of halogens is 2. The summed E-state index contributed by atoms with van der Waals surface area (Å²) in [6.07, 6.45) is 1.16. The van der Waals surface area contributed by atoms with Gasteiger partial charge < -0.3 is 9.67 Å². The fourth-order valence-electron chi connectivity index (χ4n) is 2.42. The van der Waals surface area contributed by atoms with Crippen LogP contribution in [0.5, 0.6) is 0 Å². The molecule has 1 N–H and O–H groups in total. The molecule has 3 aromatic rings. The summed E-state index contributed by atoms with van der Waals surface area (Å²) in [6, 6.07) is 7.82. The highest BCUT2D eigenvalue weighted by Gasteiger charge is 2.16. The Morgan fingerprint density at radius 2 is 1.78 bits per heavy atom. The lowest BCUT2D eigenvalue weighted by atomic mass is 10.1. The molecule has 0 atom stereocenters. The lowest BCUT2D eigenvalue weighted by Gasteiger charge is -2.13. The van der Waals surface area contributed by atoms with Crippen molar-refractivity contribution >= 4 is 16.9 Å².